The van der Waals surface area contributed by atoms with Crippen LogP contribution in [0, 0.1) is 5.92 Å². The van der Waals surface area contributed by atoms with Crippen molar-refractivity contribution in [3.8, 4) is 0 Å². The van der Waals surface area contributed by atoms with E-state index in [1.807, 2.05) is 37.3 Å². The number of amides is 3. The first kappa shape index (κ1) is 34.7. The molecule has 1 aliphatic carbocycles. The monoisotopic (exact) mass is 597 g/mol. The van der Waals surface area contributed by atoms with E-state index in [9.17, 15) is 29.2 Å². The lowest BCUT2D eigenvalue weighted by Crippen LogP contribution is -2.53. The summed E-state index contributed by atoms with van der Waals surface area (Å²) in [5.74, 6) is -2.39. The largest absolute Gasteiger partial charge is 0.465 e. The number of nitrogens with one attached hydrogen (secondary N) is 2. The van der Waals surface area contributed by atoms with Crippen molar-refractivity contribution in [2.24, 2.45) is 5.92 Å². The Morgan fingerprint density at radius 3 is 2.22 bits per heavy atom. The van der Waals surface area contributed by atoms with Crippen molar-refractivity contribution >= 4 is 25.5 Å². The fourth-order valence-corrected chi connectivity index (χ4v) is 7.06. The number of likely N-dealkylation sites (N-methyl/N-ethyl adjacent to an activating group) is 1. The molecule has 0 radical (unpaired) electrons. The molecule has 1 aromatic rings. The lowest BCUT2D eigenvalue weighted by molar-refractivity contribution is -0.132. The van der Waals surface area contributed by atoms with Crippen LogP contribution in [0.1, 0.15) is 77.7 Å². The molecule has 232 valence electrons. The Morgan fingerprint density at radius 2 is 1.66 bits per heavy atom. The molecule has 0 saturated heterocycles. The summed E-state index contributed by atoms with van der Waals surface area (Å²) >= 11 is 0. The fourth-order valence-electron chi connectivity index (χ4n) is 5.29. The van der Waals surface area contributed by atoms with Gasteiger partial charge in [0.2, 0.25) is 11.8 Å². The zero-order valence-electron chi connectivity index (χ0n) is 24.6. The molecule has 41 heavy (non-hydrogen) atoms. The summed E-state index contributed by atoms with van der Waals surface area (Å²) in [5.41, 5.74) is 1.10. The van der Waals surface area contributed by atoms with Crippen molar-refractivity contribution in [2.75, 3.05) is 26.3 Å². The number of aliphatic hydroxyl groups is 1. The van der Waals surface area contributed by atoms with Gasteiger partial charge in [-0.3, -0.25) is 14.2 Å². The molecular weight excluding hydrogens is 549 g/mol. The highest BCUT2D eigenvalue weighted by atomic mass is 31.2. The number of carbonyl (C=O) groups is 3. The van der Waals surface area contributed by atoms with Gasteiger partial charge in [0.05, 0.1) is 19.3 Å². The van der Waals surface area contributed by atoms with Gasteiger partial charge in [-0.25, -0.2) is 4.79 Å². The molecule has 4 N–H and O–H groups in total. The summed E-state index contributed by atoms with van der Waals surface area (Å²) in [6.07, 6.45) is 4.57. The number of rotatable bonds is 18. The van der Waals surface area contributed by atoms with E-state index in [1.54, 1.807) is 18.7 Å². The van der Waals surface area contributed by atoms with E-state index in [1.165, 1.54) is 0 Å². The van der Waals surface area contributed by atoms with Crippen LogP contribution in [-0.4, -0.2) is 77.3 Å². The van der Waals surface area contributed by atoms with Crippen LogP contribution in [0.3, 0.4) is 0 Å². The summed E-state index contributed by atoms with van der Waals surface area (Å²) in [6.45, 7) is 6.08. The Hall–Kier alpha value is -2.46. The topological polar surface area (TPSA) is 154 Å². The van der Waals surface area contributed by atoms with Gasteiger partial charge in [0, 0.05) is 19.5 Å². The summed E-state index contributed by atoms with van der Waals surface area (Å²) in [7, 11) is -4.08. The number of carboxylic acid groups (broad SMARTS) is 1. The molecule has 0 heterocycles. The maximum atomic E-state index is 13.4. The summed E-state index contributed by atoms with van der Waals surface area (Å²) in [5, 5.41) is 25.6. The minimum Gasteiger partial charge on any atom is -0.465 e. The van der Waals surface area contributed by atoms with Crippen molar-refractivity contribution in [1.29, 1.82) is 0 Å². The van der Waals surface area contributed by atoms with Gasteiger partial charge in [0.25, 0.3) is 0 Å². The molecule has 0 aromatic heterocycles. The Bertz CT molecular complexity index is 980. The van der Waals surface area contributed by atoms with Gasteiger partial charge < -0.3 is 34.8 Å². The molecule has 12 heteroatoms. The number of benzene rings is 1. The lowest BCUT2D eigenvalue weighted by atomic mass is 9.84. The molecule has 3 amide bonds. The smallest absolute Gasteiger partial charge is 0.405 e. The highest BCUT2D eigenvalue weighted by molar-refractivity contribution is 7.54. The van der Waals surface area contributed by atoms with E-state index >= 15 is 0 Å². The molecule has 1 aliphatic rings. The predicted molar refractivity (Wildman–Crippen MR) is 157 cm³/mol. The molecule has 2 rings (SSSR count). The Morgan fingerprint density at radius 1 is 1.02 bits per heavy atom. The van der Waals surface area contributed by atoms with Gasteiger partial charge in [-0.15, -0.1) is 0 Å². The van der Waals surface area contributed by atoms with Crippen LogP contribution in [0.25, 0.3) is 0 Å². The molecule has 0 spiro atoms. The Kier molecular flexibility index (Phi) is 15.4. The minimum absolute atomic E-state index is 0.00189. The van der Waals surface area contributed by atoms with Crippen LogP contribution in [0.2, 0.25) is 0 Å². The van der Waals surface area contributed by atoms with Crippen molar-refractivity contribution in [3.05, 3.63) is 35.9 Å². The zero-order chi connectivity index (χ0) is 30.3. The molecule has 3 unspecified atom stereocenters. The fraction of sp³-hybridized carbons (Fsp3) is 0.690. The quantitative estimate of drug-likeness (QED) is 0.180. The summed E-state index contributed by atoms with van der Waals surface area (Å²) in [4.78, 5) is 39.8. The first-order valence-corrected chi connectivity index (χ1v) is 16.4. The number of hydrogen-bond donors (Lipinski definition) is 4. The van der Waals surface area contributed by atoms with E-state index in [-0.39, 0.29) is 37.9 Å². The van der Waals surface area contributed by atoms with Crippen molar-refractivity contribution < 1.29 is 38.2 Å². The van der Waals surface area contributed by atoms with Gasteiger partial charge >= 0.3 is 13.7 Å². The van der Waals surface area contributed by atoms with Crippen LogP contribution < -0.4 is 10.6 Å². The van der Waals surface area contributed by atoms with Crippen molar-refractivity contribution in [2.45, 2.75) is 96.5 Å². The normalized spacial score (nSPS) is 16.4. The van der Waals surface area contributed by atoms with Gasteiger partial charge in [0.1, 0.15) is 6.04 Å². The van der Waals surface area contributed by atoms with Gasteiger partial charge in [-0.2, -0.15) is 0 Å². The maximum Gasteiger partial charge on any atom is 0.405 e. The van der Waals surface area contributed by atoms with Crippen molar-refractivity contribution in [3.63, 3.8) is 0 Å². The van der Waals surface area contributed by atoms with E-state index in [4.69, 9.17) is 9.05 Å². The molecule has 3 atom stereocenters. The van der Waals surface area contributed by atoms with Crippen LogP contribution in [-0.2, 0) is 29.6 Å². The molecule has 1 saturated carbocycles. The number of carbonyl (C=O) groups excluding carboxylic acids is 2. The standard InChI is InChI=1S/C29H48N3O8P/c1-4-32(20-19-22-13-9-7-10-14-22)26(33)18-17-24(28(35)41(38,39-5-2)40-6-3)30-27(34)25(31-29(36)37)21-23-15-11-8-12-16-23/h7,9-10,13-14,23-25,28,31,35H,4-6,8,11-12,15-21H2,1-3H3,(H,30,34)(H,36,37). The second-order valence-electron chi connectivity index (χ2n) is 10.4. The third kappa shape index (κ3) is 11.7. The molecule has 0 bridgehead atoms. The van der Waals surface area contributed by atoms with Crippen LogP contribution in [0.4, 0.5) is 4.79 Å². The summed E-state index contributed by atoms with van der Waals surface area (Å²) < 4.78 is 24.1. The number of nitrogens with zero attached hydrogens (tertiary/aromatic N) is 1. The average Bonchev–Trinajstić information content (AvgIpc) is 2.95. The predicted octanol–water partition coefficient (Wildman–Crippen LogP) is 4.53. The third-order valence-electron chi connectivity index (χ3n) is 7.45. The highest BCUT2D eigenvalue weighted by Crippen LogP contribution is 2.53. The van der Waals surface area contributed by atoms with Crippen LogP contribution in [0.15, 0.2) is 30.3 Å². The second kappa shape index (κ2) is 18.2. The zero-order valence-corrected chi connectivity index (χ0v) is 25.5. The number of hydrogen-bond acceptors (Lipinski definition) is 7. The van der Waals surface area contributed by atoms with E-state index < -0.39 is 37.5 Å². The molecule has 0 aliphatic heterocycles. The minimum atomic E-state index is -4.08. The van der Waals surface area contributed by atoms with Gasteiger partial charge in [-0.1, -0.05) is 62.4 Å². The Balaban J connectivity index is 2.19. The van der Waals surface area contributed by atoms with E-state index in [0.717, 1.165) is 37.7 Å². The second-order valence-corrected chi connectivity index (χ2v) is 12.5. The first-order valence-electron chi connectivity index (χ1n) is 14.8. The Labute approximate surface area is 243 Å². The average molecular weight is 598 g/mol. The summed E-state index contributed by atoms with van der Waals surface area (Å²) in [6, 6.07) is 7.57. The molecular formula is C29H48N3O8P. The van der Waals surface area contributed by atoms with Crippen LogP contribution in [0.5, 0.6) is 0 Å². The van der Waals surface area contributed by atoms with Gasteiger partial charge in [0.15, 0.2) is 5.85 Å². The van der Waals surface area contributed by atoms with E-state index in [0.29, 0.717) is 25.9 Å². The SMILES string of the molecule is CCOP(=O)(OCC)C(O)C(CCC(=O)N(CC)CCc1ccccc1)NC(=O)C(CC1CCCCC1)NC(=O)O. The lowest BCUT2D eigenvalue weighted by Gasteiger charge is -2.32. The first-order chi connectivity index (χ1) is 19.6. The number of aliphatic hydroxyl groups excluding tert-OH is 1. The molecule has 1 aromatic carbocycles. The van der Waals surface area contributed by atoms with Gasteiger partial charge in [-0.05, 0) is 51.5 Å². The highest BCUT2D eigenvalue weighted by Gasteiger charge is 2.41. The van der Waals surface area contributed by atoms with Crippen LogP contribution >= 0.6 is 7.60 Å². The molecule has 1 fully saturated rings. The maximum absolute atomic E-state index is 13.4. The van der Waals surface area contributed by atoms with E-state index in [2.05, 4.69) is 10.6 Å². The molecule has 11 nitrogen and oxygen atoms in total. The third-order valence-corrected chi connectivity index (χ3v) is 9.70. The van der Waals surface area contributed by atoms with Crippen molar-refractivity contribution in [1.82, 2.24) is 15.5 Å².